The second-order valence-electron chi connectivity index (χ2n) is 4.02. The summed E-state index contributed by atoms with van der Waals surface area (Å²) in [7, 11) is 0. The van der Waals surface area contributed by atoms with Crippen LogP contribution in [-0.4, -0.2) is 0 Å². The van der Waals surface area contributed by atoms with Gasteiger partial charge in [-0.25, -0.2) is 17.6 Å². The van der Waals surface area contributed by atoms with Gasteiger partial charge in [0.1, 0.15) is 5.82 Å². The summed E-state index contributed by atoms with van der Waals surface area (Å²) in [5.41, 5.74) is 0. The molecule has 3 aromatic carbocycles. The third-order valence-electron chi connectivity index (χ3n) is 2.92. The fraction of sp³-hybridized carbons (Fsp3) is 0. The number of rotatable bonds is 0. The van der Waals surface area contributed by atoms with Crippen LogP contribution in [0.1, 0.15) is 0 Å². The fourth-order valence-electron chi connectivity index (χ4n) is 2.04. The Bertz CT molecular complexity index is 778. The molecule has 18 heavy (non-hydrogen) atoms. The van der Waals surface area contributed by atoms with Gasteiger partial charge < -0.3 is 0 Å². The summed E-state index contributed by atoms with van der Waals surface area (Å²) >= 11 is 0. The normalized spacial score (nSPS) is 11.3. The SMILES string of the molecule is Fc1cc2cc3c(F)cccc3cc2c(F)c1F. The first-order chi connectivity index (χ1) is 8.58. The molecule has 0 amide bonds. The van der Waals surface area contributed by atoms with Crippen LogP contribution in [0.25, 0.3) is 21.5 Å². The van der Waals surface area contributed by atoms with Crippen LogP contribution in [0.3, 0.4) is 0 Å². The first-order valence-corrected chi connectivity index (χ1v) is 5.23. The summed E-state index contributed by atoms with van der Waals surface area (Å²) in [5.74, 6) is -4.54. The van der Waals surface area contributed by atoms with Gasteiger partial charge in [-0.05, 0) is 35.0 Å². The first kappa shape index (κ1) is 11.0. The van der Waals surface area contributed by atoms with Crippen LogP contribution >= 0.6 is 0 Å². The molecule has 0 bridgehead atoms. The molecule has 3 aromatic rings. The average molecular weight is 250 g/mol. The van der Waals surface area contributed by atoms with E-state index in [0.29, 0.717) is 5.39 Å². The van der Waals surface area contributed by atoms with E-state index in [-0.39, 0.29) is 16.2 Å². The van der Waals surface area contributed by atoms with E-state index in [2.05, 4.69) is 0 Å². The minimum Gasteiger partial charge on any atom is -0.206 e. The molecule has 90 valence electrons. The summed E-state index contributed by atoms with van der Waals surface area (Å²) < 4.78 is 53.3. The summed E-state index contributed by atoms with van der Waals surface area (Å²) in [6.45, 7) is 0. The molecule has 4 heteroatoms. The largest absolute Gasteiger partial charge is 0.206 e. The molecule has 0 saturated heterocycles. The molecular weight excluding hydrogens is 244 g/mol. The average Bonchev–Trinajstić information content (AvgIpc) is 2.36. The van der Waals surface area contributed by atoms with E-state index in [9.17, 15) is 17.6 Å². The standard InChI is InChI=1S/C14H6F4/c15-11-3-1-2-7-4-10-8(5-9(7)11)6-12(16)14(18)13(10)17/h1-6H. The van der Waals surface area contributed by atoms with E-state index >= 15 is 0 Å². The Hall–Kier alpha value is -2.10. The topological polar surface area (TPSA) is 0 Å². The third kappa shape index (κ3) is 1.45. The molecule has 0 aliphatic rings. The predicted molar refractivity (Wildman–Crippen MR) is 61.3 cm³/mol. The molecule has 0 nitrogen and oxygen atoms in total. The van der Waals surface area contributed by atoms with Gasteiger partial charge in [0.15, 0.2) is 17.5 Å². The molecule has 0 aliphatic heterocycles. The minimum atomic E-state index is -1.52. The summed E-state index contributed by atoms with van der Waals surface area (Å²) in [6, 6.07) is 7.79. The summed E-state index contributed by atoms with van der Waals surface area (Å²) in [6.07, 6.45) is 0. The zero-order valence-corrected chi connectivity index (χ0v) is 8.98. The van der Waals surface area contributed by atoms with Crippen LogP contribution in [0, 0.1) is 23.3 Å². The van der Waals surface area contributed by atoms with Gasteiger partial charge in [0.2, 0.25) is 0 Å². The second-order valence-corrected chi connectivity index (χ2v) is 4.02. The lowest BCUT2D eigenvalue weighted by molar-refractivity contribution is 0.453. The zero-order chi connectivity index (χ0) is 12.9. The van der Waals surface area contributed by atoms with Crippen molar-refractivity contribution in [1.82, 2.24) is 0 Å². The lowest BCUT2D eigenvalue weighted by Crippen LogP contribution is -1.92. The Labute approximate surface area is 99.5 Å². The molecule has 0 heterocycles. The molecule has 0 unspecified atom stereocenters. The highest BCUT2D eigenvalue weighted by atomic mass is 19.2. The third-order valence-corrected chi connectivity index (χ3v) is 2.92. The van der Waals surface area contributed by atoms with Crippen LogP contribution in [0.2, 0.25) is 0 Å². The Morgan fingerprint density at radius 1 is 0.611 bits per heavy atom. The van der Waals surface area contributed by atoms with E-state index in [0.717, 1.165) is 6.07 Å². The number of hydrogen-bond acceptors (Lipinski definition) is 0. The van der Waals surface area contributed by atoms with Gasteiger partial charge >= 0.3 is 0 Å². The van der Waals surface area contributed by atoms with Crippen molar-refractivity contribution >= 4 is 21.5 Å². The molecule has 0 saturated carbocycles. The molecule has 0 atom stereocenters. The van der Waals surface area contributed by atoms with Gasteiger partial charge in [-0.3, -0.25) is 0 Å². The lowest BCUT2D eigenvalue weighted by atomic mass is 10.0. The van der Waals surface area contributed by atoms with Crippen molar-refractivity contribution in [2.45, 2.75) is 0 Å². The van der Waals surface area contributed by atoms with Gasteiger partial charge in [-0.2, -0.15) is 0 Å². The van der Waals surface area contributed by atoms with Crippen molar-refractivity contribution in [2.75, 3.05) is 0 Å². The number of benzene rings is 3. The molecule has 0 spiro atoms. The van der Waals surface area contributed by atoms with Gasteiger partial charge in [0, 0.05) is 10.8 Å². The van der Waals surface area contributed by atoms with Crippen LogP contribution in [0.5, 0.6) is 0 Å². The van der Waals surface area contributed by atoms with E-state index in [1.54, 1.807) is 6.07 Å². The number of fused-ring (bicyclic) bond motifs is 2. The van der Waals surface area contributed by atoms with Gasteiger partial charge in [-0.1, -0.05) is 12.1 Å². The molecule has 0 fully saturated rings. The Morgan fingerprint density at radius 3 is 2.11 bits per heavy atom. The predicted octanol–water partition coefficient (Wildman–Crippen LogP) is 4.55. The van der Waals surface area contributed by atoms with Crippen LogP contribution in [-0.2, 0) is 0 Å². The Kier molecular flexibility index (Phi) is 2.26. The highest BCUT2D eigenvalue weighted by Gasteiger charge is 2.14. The van der Waals surface area contributed by atoms with Crippen molar-refractivity contribution in [3.63, 3.8) is 0 Å². The number of hydrogen-bond donors (Lipinski definition) is 0. The fourth-order valence-corrected chi connectivity index (χ4v) is 2.04. The zero-order valence-electron chi connectivity index (χ0n) is 8.98. The van der Waals surface area contributed by atoms with E-state index in [1.165, 1.54) is 24.3 Å². The van der Waals surface area contributed by atoms with Crippen LogP contribution in [0.15, 0.2) is 36.4 Å². The summed E-state index contributed by atoms with van der Waals surface area (Å²) in [4.78, 5) is 0. The molecular formula is C14H6F4. The van der Waals surface area contributed by atoms with Crippen LogP contribution in [0.4, 0.5) is 17.6 Å². The van der Waals surface area contributed by atoms with Gasteiger partial charge in [-0.15, -0.1) is 0 Å². The van der Waals surface area contributed by atoms with Crippen LogP contribution < -0.4 is 0 Å². The maximum Gasteiger partial charge on any atom is 0.195 e. The highest BCUT2D eigenvalue weighted by Crippen LogP contribution is 2.28. The number of halogens is 4. The molecule has 0 N–H and O–H groups in total. The first-order valence-electron chi connectivity index (χ1n) is 5.23. The second kappa shape index (κ2) is 3.70. The van der Waals surface area contributed by atoms with Crippen molar-refractivity contribution in [3.8, 4) is 0 Å². The maximum atomic E-state index is 13.6. The smallest absolute Gasteiger partial charge is 0.195 e. The van der Waals surface area contributed by atoms with Crippen molar-refractivity contribution in [1.29, 1.82) is 0 Å². The quantitative estimate of drug-likeness (QED) is 0.312. The molecule has 0 aliphatic carbocycles. The van der Waals surface area contributed by atoms with E-state index < -0.39 is 23.3 Å². The van der Waals surface area contributed by atoms with E-state index in [4.69, 9.17) is 0 Å². The summed E-state index contributed by atoms with van der Waals surface area (Å²) in [5, 5.41) is 0.749. The maximum absolute atomic E-state index is 13.6. The van der Waals surface area contributed by atoms with Gasteiger partial charge in [0.05, 0.1) is 0 Å². The monoisotopic (exact) mass is 250 g/mol. The van der Waals surface area contributed by atoms with E-state index in [1.807, 2.05) is 0 Å². The van der Waals surface area contributed by atoms with Crippen molar-refractivity contribution in [3.05, 3.63) is 59.7 Å². The lowest BCUT2D eigenvalue weighted by Gasteiger charge is -2.05. The molecule has 0 radical (unpaired) electrons. The molecule has 3 rings (SSSR count). The Balaban J connectivity index is 2.53. The molecule has 0 aromatic heterocycles. The van der Waals surface area contributed by atoms with Crippen molar-refractivity contribution in [2.24, 2.45) is 0 Å². The van der Waals surface area contributed by atoms with Gasteiger partial charge in [0.25, 0.3) is 0 Å². The minimum absolute atomic E-state index is 0.0630. The van der Waals surface area contributed by atoms with Crippen molar-refractivity contribution < 1.29 is 17.6 Å². The highest BCUT2D eigenvalue weighted by molar-refractivity contribution is 5.98. The Morgan fingerprint density at radius 2 is 1.33 bits per heavy atom.